The molecule has 4 aliphatic carbocycles. The number of carboxylic acid groups (broad SMARTS) is 1. The van der Waals surface area contributed by atoms with Gasteiger partial charge in [-0.1, -0.05) is 22.6 Å². The summed E-state index contributed by atoms with van der Waals surface area (Å²) in [6.07, 6.45) is 6.72. The van der Waals surface area contributed by atoms with E-state index >= 15 is 0 Å². The number of alkyl halides is 1. The quantitative estimate of drug-likeness (QED) is 0.597. The van der Waals surface area contributed by atoms with E-state index in [1.54, 1.807) is 0 Å². The van der Waals surface area contributed by atoms with Crippen LogP contribution in [0.4, 0.5) is 0 Å². The lowest BCUT2D eigenvalue weighted by Crippen LogP contribution is -2.55. The number of carbonyl (C=O) groups is 1. The summed E-state index contributed by atoms with van der Waals surface area (Å²) in [7, 11) is 0. The lowest BCUT2D eigenvalue weighted by Gasteiger charge is -2.58. The highest BCUT2D eigenvalue weighted by Crippen LogP contribution is 2.64. The minimum Gasteiger partial charge on any atom is -0.481 e. The third-order valence-corrected chi connectivity index (χ3v) is 5.71. The molecule has 0 radical (unpaired) electrons. The fraction of sp³-hybridized carbons (Fsp3) is 0.909. The highest BCUT2D eigenvalue weighted by atomic mass is 127. The number of hydrogen-bond acceptors (Lipinski definition) is 1. The zero-order valence-electron chi connectivity index (χ0n) is 8.13. The van der Waals surface area contributed by atoms with Crippen molar-refractivity contribution in [2.24, 2.45) is 17.3 Å². The van der Waals surface area contributed by atoms with Gasteiger partial charge in [0.25, 0.3) is 0 Å². The Morgan fingerprint density at radius 1 is 1.21 bits per heavy atom. The summed E-state index contributed by atoms with van der Waals surface area (Å²) >= 11 is 2.55. The smallest absolute Gasteiger partial charge is 0.309 e. The Bertz CT molecular complexity index is 286. The second-order valence-corrected chi connectivity index (χ2v) is 7.99. The molecule has 0 spiro atoms. The Hall–Kier alpha value is 0.200. The molecule has 78 valence electrons. The van der Waals surface area contributed by atoms with Crippen LogP contribution in [0.2, 0.25) is 0 Å². The van der Waals surface area contributed by atoms with E-state index in [4.69, 9.17) is 0 Å². The summed E-state index contributed by atoms with van der Waals surface area (Å²) < 4.78 is 0.334. The molecule has 1 N–H and O–H groups in total. The van der Waals surface area contributed by atoms with Gasteiger partial charge in [-0.05, 0) is 50.4 Å². The van der Waals surface area contributed by atoms with Crippen LogP contribution < -0.4 is 0 Å². The monoisotopic (exact) mass is 306 g/mol. The topological polar surface area (TPSA) is 37.3 Å². The van der Waals surface area contributed by atoms with Crippen molar-refractivity contribution >= 4 is 28.6 Å². The van der Waals surface area contributed by atoms with Gasteiger partial charge in [0.15, 0.2) is 0 Å². The van der Waals surface area contributed by atoms with Crippen LogP contribution in [0.15, 0.2) is 0 Å². The van der Waals surface area contributed by atoms with Crippen molar-refractivity contribution in [2.45, 2.75) is 41.9 Å². The molecule has 0 aliphatic heterocycles. The molecular weight excluding hydrogens is 291 g/mol. The van der Waals surface area contributed by atoms with E-state index in [0.717, 1.165) is 19.3 Å². The zero-order valence-corrected chi connectivity index (χ0v) is 10.3. The molecule has 2 atom stereocenters. The van der Waals surface area contributed by atoms with Crippen molar-refractivity contribution in [3.8, 4) is 0 Å². The summed E-state index contributed by atoms with van der Waals surface area (Å²) in [5.41, 5.74) is -0.328. The van der Waals surface area contributed by atoms with Crippen LogP contribution >= 0.6 is 22.6 Å². The molecule has 4 bridgehead atoms. The molecule has 3 heteroatoms. The van der Waals surface area contributed by atoms with Crippen molar-refractivity contribution in [2.75, 3.05) is 0 Å². The standard InChI is InChI=1S/C11H15IO2/c12-11-4-7-1-8(5-11)3-10(2-7,6-11)9(13)14/h7-8H,1-6H2,(H,13,14). The number of aliphatic carboxylic acids is 1. The maximum absolute atomic E-state index is 11.4. The first kappa shape index (κ1) is 9.43. The van der Waals surface area contributed by atoms with Crippen molar-refractivity contribution in [1.82, 2.24) is 0 Å². The summed E-state index contributed by atoms with van der Waals surface area (Å²) in [6.45, 7) is 0. The molecule has 0 aromatic carbocycles. The van der Waals surface area contributed by atoms with Crippen molar-refractivity contribution in [3.63, 3.8) is 0 Å². The normalized spacial score (nSPS) is 54.9. The van der Waals surface area contributed by atoms with Gasteiger partial charge in [-0.2, -0.15) is 0 Å². The molecule has 2 nitrogen and oxygen atoms in total. The number of carboxylic acids is 1. The average molecular weight is 306 g/mol. The Kier molecular flexibility index (Phi) is 1.79. The Balaban J connectivity index is 2.00. The van der Waals surface area contributed by atoms with Crippen LogP contribution in [0, 0.1) is 17.3 Å². The van der Waals surface area contributed by atoms with Crippen LogP contribution in [0.25, 0.3) is 0 Å². The molecule has 14 heavy (non-hydrogen) atoms. The maximum atomic E-state index is 11.4. The maximum Gasteiger partial charge on any atom is 0.309 e. The molecule has 4 fully saturated rings. The van der Waals surface area contributed by atoms with Crippen molar-refractivity contribution in [1.29, 1.82) is 0 Å². The zero-order chi connectivity index (χ0) is 9.97. The third-order valence-electron chi connectivity index (χ3n) is 4.44. The number of hydrogen-bond donors (Lipinski definition) is 1. The van der Waals surface area contributed by atoms with E-state index in [1.807, 2.05) is 0 Å². The summed E-state index contributed by atoms with van der Waals surface area (Å²) in [5, 5.41) is 9.39. The van der Waals surface area contributed by atoms with Gasteiger partial charge in [-0.15, -0.1) is 0 Å². The minimum absolute atomic E-state index is 0.328. The molecule has 0 heterocycles. The first-order valence-electron chi connectivity index (χ1n) is 5.44. The molecule has 0 aromatic heterocycles. The van der Waals surface area contributed by atoms with Gasteiger partial charge in [-0.3, -0.25) is 4.79 Å². The Labute approximate surface area is 97.6 Å². The second-order valence-electron chi connectivity index (χ2n) is 5.70. The van der Waals surface area contributed by atoms with E-state index in [2.05, 4.69) is 22.6 Å². The first-order chi connectivity index (χ1) is 6.51. The van der Waals surface area contributed by atoms with E-state index < -0.39 is 5.97 Å². The minimum atomic E-state index is -0.521. The molecule has 4 saturated carbocycles. The lowest BCUT2D eigenvalue weighted by atomic mass is 9.49. The molecule has 4 aliphatic rings. The van der Waals surface area contributed by atoms with E-state index in [0.29, 0.717) is 15.3 Å². The molecule has 0 aromatic rings. The predicted octanol–water partition coefficient (Wildman–Crippen LogP) is 2.85. The van der Waals surface area contributed by atoms with Gasteiger partial charge in [0.05, 0.1) is 5.41 Å². The van der Waals surface area contributed by atoms with E-state index in [-0.39, 0.29) is 5.41 Å². The molecule has 0 amide bonds. The molecular formula is C11H15IO2. The van der Waals surface area contributed by atoms with Gasteiger partial charge < -0.3 is 5.11 Å². The van der Waals surface area contributed by atoms with Gasteiger partial charge in [0.1, 0.15) is 0 Å². The molecule has 4 rings (SSSR count). The summed E-state index contributed by atoms with van der Waals surface area (Å²) in [5.74, 6) is 0.904. The average Bonchev–Trinajstić information content (AvgIpc) is 1.98. The first-order valence-corrected chi connectivity index (χ1v) is 6.52. The van der Waals surface area contributed by atoms with Gasteiger partial charge in [-0.25, -0.2) is 0 Å². The fourth-order valence-corrected chi connectivity index (χ4v) is 6.38. The highest BCUT2D eigenvalue weighted by Gasteiger charge is 2.59. The molecule has 2 unspecified atom stereocenters. The summed E-state index contributed by atoms with van der Waals surface area (Å²) in [4.78, 5) is 11.4. The fourth-order valence-electron chi connectivity index (χ4n) is 4.40. The Morgan fingerprint density at radius 3 is 2.21 bits per heavy atom. The second kappa shape index (κ2) is 2.66. The van der Waals surface area contributed by atoms with Gasteiger partial charge >= 0.3 is 5.97 Å². The third kappa shape index (κ3) is 1.17. The predicted molar refractivity (Wildman–Crippen MR) is 61.5 cm³/mol. The number of rotatable bonds is 1. The van der Waals surface area contributed by atoms with E-state index in [9.17, 15) is 9.90 Å². The summed E-state index contributed by atoms with van der Waals surface area (Å²) in [6, 6.07) is 0. The van der Waals surface area contributed by atoms with Gasteiger partial charge in [0.2, 0.25) is 0 Å². The largest absolute Gasteiger partial charge is 0.481 e. The SMILES string of the molecule is O=C(O)C12CC3CC(CC(I)(C3)C1)C2. The highest BCUT2D eigenvalue weighted by molar-refractivity contribution is 14.1. The lowest BCUT2D eigenvalue weighted by molar-refractivity contribution is -0.162. The van der Waals surface area contributed by atoms with Crippen LogP contribution in [0.5, 0.6) is 0 Å². The van der Waals surface area contributed by atoms with Crippen LogP contribution in [0.1, 0.15) is 38.5 Å². The van der Waals surface area contributed by atoms with Crippen molar-refractivity contribution < 1.29 is 9.90 Å². The van der Waals surface area contributed by atoms with Crippen LogP contribution in [0.3, 0.4) is 0 Å². The van der Waals surface area contributed by atoms with E-state index in [1.165, 1.54) is 19.3 Å². The van der Waals surface area contributed by atoms with Gasteiger partial charge in [0, 0.05) is 3.42 Å². The number of halogens is 1. The molecule has 0 saturated heterocycles. The van der Waals surface area contributed by atoms with Crippen LogP contribution in [-0.4, -0.2) is 14.5 Å². The Morgan fingerprint density at radius 2 is 1.79 bits per heavy atom. The van der Waals surface area contributed by atoms with Crippen LogP contribution in [-0.2, 0) is 4.79 Å². The van der Waals surface area contributed by atoms with Crippen molar-refractivity contribution in [3.05, 3.63) is 0 Å².